The molecule has 0 aromatic heterocycles. The van der Waals surface area contributed by atoms with Gasteiger partial charge < -0.3 is 15.1 Å². The molecule has 1 aliphatic rings. The molecule has 1 saturated heterocycles. The van der Waals surface area contributed by atoms with E-state index in [1.54, 1.807) is 0 Å². The summed E-state index contributed by atoms with van der Waals surface area (Å²) in [7, 11) is -2.97. The Morgan fingerprint density at radius 3 is 2.33 bits per heavy atom. The van der Waals surface area contributed by atoms with Crippen LogP contribution in [-0.4, -0.2) is 70.6 Å². The summed E-state index contributed by atoms with van der Waals surface area (Å²) < 4.78 is 22.5. The molecule has 8 heteroatoms. The van der Waals surface area contributed by atoms with Gasteiger partial charge in [0.15, 0.2) is 5.96 Å². The summed E-state index contributed by atoms with van der Waals surface area (Å²) in [6.45, 7) is 6.71. The number of nitrogens with one attached hydrogen (secondary N) is 1. The highest BCUT2D eigenvalue weighted by molar-refractivity contribution is 14.0. The van der Waals surface area contributed by atoms with Gasteiger partial charge in [-0.1, -0.05) is 18.2 Å². The number of nitrogens with zero attached hydrogens (tertiary/aromatic N) is 3. The minimum atomic E-state index is -2.97. The van der Waals surface area contributed by atoms with Gasteiger partial charge in [-0.15, -0.1) is 24.0 Å². The molecule has 0 bridgehead atoms. The summed E-state index contributed by atoms with van der Waals surface area (Å²) in [4.78, 5) is 9.01. The number of benzene rings is 1. The second kappa shape index (κ2) is 10.1. The maximum Gasteiger partial charge on any atom is 0.194 e. The molecule has 6 nitrogen and oxygen atoms in total. The third kappa shape index (κ3) is 6.84. The molecule has 0 amide bonds. The highest BCUT2D eigenvalue weighted by Gasteiger charge is 2.19. The molecule has 1 heterocycles. The molecular formula is C16H27IN4O2S. The van der Waals surface area contributed by atoms with E-state index in [4.69, 9.17) is 0 Å². The first-order chi connectivity index (χ1) is 11.0. The molecule has 0 aliphatic carbocycles. The fourth-order valence-electron chi connectivity index (χ4n) is 2.56. The van der Waals surface area contributed by atoms with Gasteiger partial charge >= 0.3 is 0 Å². The number of guanidine groups is 1. The van der Waals surface area contributed by atoms with Crippen LogP contribution in [0.4, 0.5) is 5.69 Å². The van der Waals surface area contributed by atoms with Gasteiger partial charge in [-0.25, -0.2) is 8.42 Å². The first-order valence-electron chi connectivity index (χ1n) is 8.00. The van der Waals surface area contributed by atoms with Crippen LogP contribution in [0.2, 0.25) is 0 Å². The summed E-state index contributed by atoms with van der Waals surface area (Å²) in [5.41, 5.74) is 1.24. The maximum atomic E-state index is 11.2. The quantitative estimate of drug-likeness (QED) is 0.404. The summed E-state index contributed by atoms with van der Waals surface area (Å²) in [5, 5.41) is 3.26. The van der Waals surface area contributed by atoms with Gasteiger partial charge in [0.25, 0.3) is 0 Å². The number of halogens is 1. The maximum absolute atomic E-state index is 11.2. The zero-order chi connectivity index (χ0) is 16.7. The van der Waals surface area contributed by atoms with Crippen molar-refractivity contribution in [1.29, 1.82) is 0 Å². The Morgan fingerprint density at radius 1 is 1.17 bits per heavy atom. The lowest BCUT2D eigenvalue weighted by Gasteiger charge is -2.37. The van der Waals surface area contributed by atoms with E-state index in [-0.39, 0.29) is 29.7 Å². The molecule has 0 unspecified atom stereocenters. The Balaban J connectivity index is 0.00000288. The molecule has 0 radical (unpaired) electrons. The van der Waals surface area contributed by atoms with Gasteiger partial charge in [-0.2, -0.15) is 0 Å². The van der Waals surface area contributed by atoms with E-state index < -0.39 is 9.84 Å². The van der Waals surface area contributed by atoms with Crippen LogP contribution in [0, 0.1) is 0 Å². The van der Waals surface area contributed by atoms with Crippen molar-refractivity contribution in [1.82, 2.24) is 10.2 Å². The number of sulfone groups is 1. The number of hydrogen-bond acceptors (Lipinski definition) is 4. The Hall–Kier alpha value is -1.03. The monoisotopic (exact) mass is 466 g/mol. The topological polar surface area (TPSA) is 65.0 Å². The minimum Gasteiger partial charge on any atom is -0.368 e. The number of rotatable bonds is 5. The van der Waals surface area contributed by atoms with Gasteiger partial charge in [0.2, 0.25) is 0 Å². The smallest absolute Gasteiger partial charge is 0.194 e. The molecule has 1 aromatic carbocycles. The van der Waals surface area contributed by atoms with Crippen molar-refractivity contribution in [2.75, 3.05) is 56.2 Å². The van der Waals surface area contributed by atoms with Crippen LogP contribution in [0.25, 0.3) is 0 Å². The SMILES string of the molecule is CCNC(=NCCS(C)(=O)=O)N1CCN(c2ccccc2)CC1.I. The molecule has 0 saturated carbocycles. The lowest BCUT2D eigenvalue weighted by atomic mass is 10.2. The third-order valence-corrected chi connectivity index (χ3v) is 4.68. The van der Waals surface area contributed by atoms with E-state index in [0.29, 0.717) is 6.54 Å². The van der Waals surface area contributed by atoms with Crippen molar-refractivity contribution >= 4 is 45.5 Å². The number of piperazine rings is 1. The van der Waals surface area contributed by atoms with E-state index in [1.807, 2.05) is 13.0 Å². The van der Waals surface area contributed by atoms with Crippen molar-refractivity contribution in [3.05, 3.63) is 30.3 Å². The second-order valence-corrected chi connectivity index (χ2v) is 7.93. The zero-order valence-corrected chi connectivity index (χ0v) is 17.5. The van der Waals surface area contributed by atoms with Crippen LogP contribution in [0.5, 0.6) is 0 Å². The predicted octanol–water partition coefficient (Wildman–Crippen LogP) is 1.44. The average Bonchev–Trinajstić information content (AvgIpc) is 2.54. The van der Waals surface area contributed by atoms with Crippen LogP contribution in [0.3, 0.4) is 0 Å². The van der Waals surface area contributed by atoms with Gasteiger partial charge in [-0.05, 0) is 19.1 Å². The Kier molecular flexibility index (Phi) is 8.82. The number of aliphatic imine (C=N–C) groups is 1. The summed E-state index contributed by atoms with van der Waals surface area (Å²) in [6, 6.07) is 10.4. The van der Waals surface area contributed by atoms with Gasteiger partial charge in [-0.3, -0.25) is 4.99 Å². The van der Waals surface area contributed by atoms with Gasteiger partial charge in [0.1, 0.15) is 9.84 Å². The molecule has 0 spiro atoms. The van der Waals surface area contributed by atoms with Gasteiger partial charge in [0, 0.05) is 44.7 Å². The molecule has 1 fully saturated rings. The molecule has 1 aromatic rings. The van der Waals surface area contributed by atoms with Crippen LogP contribution in [0.1, 0.15) is 6.92 Å². The fraction of sp³-hybridized carbons (Fsp3) is 0.562. The normalized spacial score (nSPS) is 15.8. The molecule has 24 heavy (non-hydrogen) atoms. The minimum absolute atomic E-state index is 0. The van der Waals surface area contributed by atoms with Crippen molar-refractivity contribution < 1.29 is 8.42 Å². The summed E-state index contributed by atoms with van der Waals surface area (Å²) >= 11 is 0. The lowest BCUT2D eigenvalue weighted by Crippen LogP contribution is -2.52. The lowest BCUT2D eigenvalue weighted by molar-refractivity contribution is 0.373. The number of hydrogen-bond donors (Lipinski definition) is 1. The first-order valence-corrected chi connectivity index (χ1v) is 10.1. The Labute approximate surface area is 162 Å². The summed E-state index contributed by atoms with van der Waals surface area (Å²) in [5.74, 6) is 0.898. The van der Waals surface area contributed by atoms with Crippen LogP contribution < -0.4 is 10.2 Å². The van der Waals surface area contributed by atoms with Crippen LogP contribution in [-0.2, 0) is 9.84 Å². The van der Waals surface area contributed by atoms with E-state index in [9.17, 15) is 8.42 Å². The summed E-state index contributed by atoms with van der Waals surface area (Å²) in [6.07, 6.45) is 1.24. The molecule has 1 N–H and O–H groups in total. The third-order valence-electron chi connectivity index (χ3n) is 3.76. The molecule has 2 rings (SSSR count). The Morgan fingerprint density at radius 2 is 1.79 bits per heavy atom. The van der Waals surface area contributed by atoms with Crippen molar-refractivity contribution in [3.63, 3.8) is 0 Å². The zero-order valence-electron chi connectivity index (χ0n) is 14.3. The van der Waals surface area contributed by atoms with E-state index >= 15 is 0 Å². The van der Waals surface area contributed by atoms with E-state index in [0.717, 1.165) is 38.7 Å². The molecule has 0 atom stereocenters. The molecule has 136 valence electrons. The highest BCUT2D eigenvalue weighted by Crippen LogP contribution is 2.15. The first kappa shape index (κ1) is 21.0. The van der Waals surface area contributed by atoms with Crippen molar-refractivity contribution in [2.24, 2.45) is 4.99 Å². The predicted molar refractivity (Wildman–Crippen MR) is 111 cm³/mol. The highest BCUT2D eigenvalue weighted by atomic mass is 127. The molecular weight excluding hydrogens is 439 g/mol. The van der Waals surface area contributed by atoms with Crippen LogP contribution >= 0.6 is 24.0 Å². The van der Waals surface area contributed by atoms with Gasteiger partial charge in [0.05, 0.1) is 12.3 Å². The average molecular weight is 466 g/mol. The van der Waals surface area contributed by atoms with Crippen LogP contribution in [0.15, 0.2) is 35.3 Å². The van der Waals surface area contributed by atoms with Crippen molar-refractivity contribution in [3.8, 4) is 0 Å². The number of para-hydroxylation sites is 1. The number of anilines is 1. The van der Waals surface area contributed by atoms with E-state index in [2.05, 4.69) is 44.4 Å². The Bertz CT molecular complexity index is 614. The van der Waals surface area contributed by atoms with E-state index in [1.165, 1.54) is 11.9 Å². The largest absolute Gasteiger partial charge is 0.368 e. The van der Waals surface area contributed by atoms with Crippen molar-refractivity contribution in [2.45, 2.75) is 6.92 Å². The fourth-order valence-corrected chi connectivity index (χ4v) is 2.98. The molecule has 1 aliphatic heterocycles. The second-order valence-electron chi connectivity index (χ2n) is 5.68. The standard InChI is InChI=1S/C16H26N4O2S.HI/c1-3-17-16(18-9-14-23(2,21)22)20-12-10-19(11-13-20)15-7-5-4-6-8-15;/h4-8H,3,9-14H2,1-2H3,(H,17,18);1H.